The Morgan fingerprint density at radius 3 is 2.14 bits per heavy atom. The molecule has 0 fully saturated rings. The van der Waals surface area contributed by atoms with Gasteiger partial charge in [-0.25, -0.2) is 0 Å². The highest BCUT2D eigenvalue weighted by Crippen LogP contribution is 2.29. The molecule has 0 aliphatic carbocycles. The molecule has 0 aliphatic heterocycles. The van der Waals surface area contributed by atoms with E-state index < -0.39 is 36.4 Å². The second-order valence-corrected chi connectivity index (χ2v) is 6.55. The minimum atomic E-state index is -5.02. The predicted molar refractivity (Wildman–Crippen MR) is 99.0 cm³/mol. The molecule has 29 heavy (non-hydrogen) atoms. The number of hydrogen-bond donors (Lipinski definition) is 0. The van der Waals surface area contributed by atoms with Gasteiger partial charge in [-0.15, -0.1) is 0 Å². The molecule has 0 saturated carbocycles. The number of halogens is 4. The number of esters is 1. The van der Waals surface area contributed by atoms with Crippen molar-refractivity contribution in [1.82, 2.24) is 4.90 Å². The predicted octanol–water partition coefficient (Wildman–Crippen LogP) is 4.39. The number of hydrogen-bond acceptors (Lipinski definition) is 4. The van der Waals surface area contributed by atoms with E-state index in [9.17, 15) is 27.6 Å². The van der Waals surface area contributed by atoms with Crippen LogP contribution in [0.3, 0.4) is 0 Å². The molecule has 154 valence electrons. The highest BCUT2D eigenvalue weighted by Gasteiger charge is 2.48. The SMILES string of the molecule is CC(=O)N(C(=O)c1ccccc1)C(CC(=O)OCc1ccc(Cl)cc1)C(F)(F)F. The second-order valence-electron chi connectivity index (χ2n) is 6.11. The molecule has 5 nitrogen and oxygen atoms in total. The van der Waals surface area contributed by atoms with Crippen LogP contribution in [0.15, 0.2) is 54.6 Å². The van der Waals surface area contributed by atoms with Gasteiger partial charge in [0.2, 0.25) is 5.91 Å². The lowest BCUT2D eigenvalue weighted by molar-refractivity contribution is -0.189. The van der Waals surface area contributed by atoms with Crippen LogP contribution in [0.1, 0.15) is 29.3 Å². The van der Waals surface area contributed by atoms with E-state index >= 15 is 0 Å². The van der Waals surface area contributed by atoms with Gasteiger partial charge < -0.3 is 4.74 Å². The summed E-state index contributed by atoms with van der Waals surface area (Å²) >= 11 is 5.74. The minimum Gasteiger partial charge on any atom is -0.461 e. The van der Waals surface area contributed by atoms with Gasteiger partial charge in [-0.1, -0.05) is 41.9 Å². The number of amides is 2. The zero-order valence-electron chi connectivity index (χ0n) is 15.3. The smallest absolute Gasteiger partial charge is 0.409 e. The van der Waals surface area contributed by atoms with Gasteiger partial charge in [-0.2, -0.15) is 13.2 Å². The number of imide groups is 1. The molecular weight excluding hydrogens is 411 g/mol. The van der Waals surface area contributed by atoms with Crippen molar-refractivity contribution < 1.29 is 32.3 Å². The highest BCUT2D eigenvalue weighted by atomic mass is 35.5. The molecule has 9 heteroatoms. The first-order valence-electron chi connectivity index (χ1n) is 8.45. The van der Waals surface area contributed by atoms with Crippen LogP contribution in [0, 0.1) is 0 Å². The summed E-state index contributed by atoms with van der Waals surface area (Å²) in [7, 11) is 0. The molecule has 0 spiro atoms. The molecule has 0 heterocycles. The van der Waals surface area contributed by atoms with E-state index in [-0.39, 0.29) is 17.1 Å². The lowest BCUT2D eigenvalue weighted by Gasteiger charge is -2.30. The van der Waals surface area contributed by atoms with Crippen LogP contribution in [-0.4, -0.2) is 34.9 Å². The van der Waals surface area contributed by atoms with E-state index in [1.165, 1.54) is 24.3 Å². The standard InChI is InChI=1S/C20H17ClF3NO4/c1-13(26)25(19(28)15-5-3-2-4-6-15)17(20(22,23)24)11-18(27)29-12-14-7-9-16(21)10-8-14/h2-10,17H,11-12H2,1H3. The maximum absolute atomic E-state index is 13.6. The molecule has 0 bridgehead atoms. The lowest BCUT2D eigenvalue weighted by Crippen LogP contribution is -2.52. The Hall–Kier alpha value is -2.87. The summed E-state index contributed by atoms with van der Waals surface area (Å²) in [6.45, 7) is 0.561. The van der Waals surface area contributed by atoms with Gasteiger partial charge >= 0.3 is 12.1 Å². The average Bonchev–Trinajstić information content (AvgIpc) is 2.66. The normalized spacial score (nSPS) is 12.2. The Labute approximate surface area is 170 Å². The van der Waals surface area contributed by atoms with E-state index in [4.69, 9.17) is 16.3 Å². The Balaban J connectivity index is 2.17. The fraction of sp³-hybridized carbons (Fsp3) is 0.250. The van der Waals surface area contributed by atoms with Crippen LogP contribution in [0.25, 0.3) is 0 Å². The van der Waals surface area contributed by atoms with Gasteiger partial charge in [0.25, 0.3) is 5.91 Å². The second kappa shape index (κ2) is 9.56. The summed E-state index contributed by atoms with van der Waals surface area (Å²) in [5.74, 6) is -3.48. The molecule has 2 aromatic carbocycles. The molecule has 0 aliphatic rings. The monoisotopic (exact) mass is 427 g/mol. The first kappa shape index (κ1) is 22.4. The van der Waals surface area contributed by atoms with E-state index in [1.54, 1.807) is 30.3 Å². The third kappa shape index (κ3) is 6.32. The van der Waals surface area contributed by atoms with Crippen molar-refractivity contribution in [2.24, 2.45) is 0 Å². The van der Waals surface area contributed by atoms with Crippen LogP contribution in [0.5, 0.6) is 0 Å². The fourth-order valence-electron chi connectivity index (χ4n) is 2.54. The summed E-state index contributed by atoms with van der Waals surface area (Å²) in [5, 5.41) is 0.453. The molecular formula is C20H17ClF3NO4. The third-order valence-corrected chi connectivity index (χ3v) is 4.19. The molecule has 2 amide bonds. The summed E-state index contributed by atoms with van der Waals surface area (Å²) in [6, 6.07) is 10.6. The number of ether oxygens (including phenoxy) is 1. The molecule has 2 aromatic rings. The quantitative estimate of drug-likeness (QED) is 0.641. The van der Waals surface area contributed by atoms with E-state index in [2.05, 4.69) is 0 Å². The van der Waals surface area contributed by atoms with Crippen molar-refractivity contribution in [3.63, 3.8) is 0 Å². The number of benzene rings is 2. The summed E-state index contributed by atoms with van der Waals surface area (Å²) in [4.78, 5) is 36.5. The molecule has 1 unspecified atom stereocenters. The Kier molecular flexibility index (Phi) is 7.39. The van der Waals surface area contributed by atoms with Crippen molar-refractivity contribution >= 4 is 29.4 Å². The van der Waals surface area contributed by atoms with Gasteiger partial charge in [0.15, 0.2) is 0 Å². The van der Waals surface area contributed by atoms with Crippen molar-refractivity contribution in [1.29, 1.82) is 0 Å². The highest BCUT2D eigenvalue weighted by molar-refractivity contribution is 6.30. The van der Waals surface area contributed by atoms with Gasteiger partial charge in [0.1, 0.15) is 12.6 Å². The lowest BCUT2D eigenvalue weighted by atomic mass is 10.1. The first-order chi connectivity index (χ1) is 13.6. The zero-order valence-corrected chi connectivity index (χ0v) is 16.0. The topological polar surface area (TPSA) is 63.7 Å². The first-order valence-corrected chi connectivity index (χ1v) is 8.83. The summed E-state index contributed by atoms with van der Waals surface area (Å²) in [6.07, 6.45) is -6.23. The van der Waals surface area contributed by atoms with Crippen LogP contribution in [0.2, 0.25) is 5.02 Å². The van der Waals surface area contributed by atoms with Crippen LogP contribution < -0.4 is 0 Å². The number of nitrogens with zero attached hydrogens (tertiary/aromatic N) is 1. The largest absolute Gasteiger partial charge is 0.461 e. The van der Waals surface area contributed by atoms with Gasteiger partial charge in [0, 0.05) is 17.5 Å². The number of carbonyl (C=O) groups excluding carboxylic acids is 3. The fourth-order valence-corrected chi connectivity index (χ4v) is 2.66. The molecule has 0 N–H and O–H groups in total. The average molecular weight is 428 g/mol. The van der Waals surface area contributed by atoms with Crippen LogP contribution in [0.4, 0.5) is 13.2 Å². The Bertz CT molecular complexity index is 870. The van der Waals surface area contributed by atoms with Crippen molar-refractivity contribution in [3.05, 3.63) is 70.7 Å². The summed E-state index contributed by atoms with van der Waals surface area (Å²) in [5.41, 5.74) is 0.418. The van der Waals surface area contributed by atoms with Crippen LogP contribution >= 0.6 is 11.6 Å². The summed E-state index contributed by atoms with van der Waals surface area (Å²) < 4.78 is 45.7. The Morgan fingerprint density at radius 1 is 1.03 bits per heavy atom. The van der Waals surface area contributed by atoms with Crippen molar-refractivity contribution in [3.8, 4) is 0 Å². The third-order valence-electron chi connectivity index (χ3n) is 3.94. The molecule has 0 radical (unpaired) electrons. The van der Waals surface area contributed by atoms with Gasteiger partial charge in [-0.05, 0) is 29.8 Å². The molecule has 2 rings (SSSR count). The van der Waals surface area contributed by atoms with Crippen molar-refractivity contribution in [2.45, 2.75) is 32.2 Å². The molecule has 0 saturated heterocycles. The molecule has 0 aromatic heterocycles. The number of carbonyl (C=O) groups is 3. The van der Waals surface area contributed by atoms with Gasteiger partial charge in [-0.3, -0.25) is 19.3 Å². The molecule has 1 atom stereocenters. The zero-order chi connectivity index (χ0) is 21.6. The van der Waals surface area contributed by atoms with E-state index in [0.29, 0.717) is 10.6 Å². The maximum atomic E-state index is 13.6. The maximum Gasteiger partial charge on any atom is 0.409 e. The minimum absolute atomic E-state index is 0.0406. The van der Waals surface area contributed by atoms with E-state index in [0.717, 1.165) is 6.92 Å². The number of rotatable bonds is 6. The Morgan fingerprint density at radius 2 is 1.62 bits per heavy atom. The van der Waals surface area contributed by atoms with Crippen molar-refractivity contribution in [2.75, 3.05) is 0 Å². The number of alkyl halides is 3. The van der Waals surface area contributed by atoms with Gasteiger partial charge in [0.05, 0.1) is 6.42 Å². The van der Waals surface area contributed by atoms with E-state index in [1.807, 2.05) is 0 Å². The van der Waals surface area contributed by atoms with Crippen LogP contribution in [-0.2, 0) is 20.9 Å².